The summed E-state index contributed by atoms with van der Waals surface area (Å²) < 4.78 is 40.0. The molecule has 0 bridgehead atoms. The third-order valence-corrected chi connectivity index (χ3v) is 7.32. The van der Waals surface area contributed by atoms with Gasteiger partial charge in [-0.1, -0.05) is 50.3 Å². The number of carbonyl (C=O) groups is 2. The molecule has 41 heavy (non-hydrogen) atoms. The van der Waals surface area contributed by atoms with Crippen molar-refractivity contribution >= 4 is 34.7 Å². The number of nitrogens with one attached hydrogen (secondary N) is 4. The van der Waals surface area contributed by atoms with Gasteiger partial charge in [-0.3, -0.25) is 9.59 Å². The fraction of sp³-hybridized carbons (Fsp3) is 0.500. The van der Waals surface area contributed by atoms with Crippen LogP contribution in [0.5, 0.6) is 0 Å². The smallest absolute Gasteiger partial charge is 0.382 e. The Bertz CT molecular complexity index is 1200. The minimum atomic E-state index is -4.60. The first kappa shape index (κ1) is 32.3. The Morgan fingerprint density at radius 1 is 1.05 bits per heavy atom. The molecule has 3 rings (SSSR count). The molecule has 1 saturated heterocycles. The highest BCUT2D eigenvalue weighted by molar-refractivity contribution is 7.80. The van der Waals surface area contributed by atoms with Crippen LogP contribution in [0.1, 0.15) is 67.6 Å². The summed E-state index contributed by atoms with van der Waals surface area (Å²) in [6.45, 7) is 9.79. The van der Waals surface area contributed by atoms with Crippen LogP contribution in [0.25, 0.3) is 0 Å². The van der Waals surface area contributed by atoms with E-state index >= 15 is 0 Å². The molecule has 0 aliphatic carbocycles. The molecule has 2 atom stereocenters. The summed E-state index contributed by atoms with van der Waals surface area (Å²) in [6.07, 6.45) is -1.93. The van der Waals surface area contributed by atoms with Crippen LogP contribution in [0.3, 0.4) is 0 Å². The van der Waals surface area contributed by atoms with E-state index in [0.717, 1.165) is 50.0 Å². The Balaban J connectivity index is 1.68. The first-order valence-electron chi connectivity index (χ1n) is 14.1. The van der Waals surface area contributed by atoms with Crippen molar-refractivity contribution in [2.75, 3.05) is 31.5 Å². The van der Waals surface area contributed by atoms with Gasteiger partial charge in [0, 0.05) is 36.4 Å². The number of amides is 2. The Morgan fingerprint density at radius 2 is 1.76 bits per heavy atom. The van der Waals surface area contributed by atoms with E-state index in [1.165, 1.54) is 11.6 Å². The molecular weight excluding hydrogens is 551 g/mol. The molecule has 0 radical (unpaired) electrons. The van der Waals surface area contributed by atoms with Crippen molar-refractivity contribution in [1.82, 2.24) is 20.9 Å². The van der Waals surface area contributed by atoms with E-state index in [2.05, 4.69) is 40.0 Å². The molecular formula is C30H40F3N5O2S. The van der Waals surface area contributed by atoms with Gasteiger partial charge in [0.05, 0.1) is 23.7 Å². The number of hydrogen-bond acceptors (Lipinski definition) is 5. The van der Waals surface area contributed by atoms with Crippen molar-refractivity contribution in [2.24, 2.45) is 0 Å². The number of anilines is 1. The number of aryl methyl sites for hydroxylation is 1. The number of carbonyl (C=O) groups excluding carboxylic acids is 2. The summed E-state index contributed by atoms with van der Waals surface area (Å²) in [5, 5.41) is 11.9. The van der Waals surface area contributed by atoms with Crippen molar-refractivity contribution in [1.29, 1.82) is 0 Å². The van der Waals surface area contributed by atoms with Crippen LogP contribution in [0.15, 0.2) is 42.5 Å². The SMILES string of the molecule is CCCN1CC[C@@H](NC(=S)c2ccc(CC)cc2)[C@@H](NC(=O)CNC(=O)c2cc(C(F)(F)F)ccc2NC(C)C)C1. The van der Waals surface area contributed by atoms with Gasteiger partial charge >= 0.3 is 6.18 Å². The maximum absolute atomic E-state index is 13.3. The first-order chi connectivity index (χ1) is 19.4. The standard InChI is InChI=1S/C30H40F3N5O2S/c1-5-14-38-15-13-25(37-29(41)21-9-7-20(6-2)8-10-21)26(18-38)36-27(39)17-34-28(40)23-16-22(30(31,32)33)11-12-24(23)35-19(3)4/h7-12,16,19,25-26,35H,5-6,13-15,17-18H2,1-4H3,(H,34,40)(H,36,39)(H,37,41)/t25-,26+/m1/s1. The van der Waals surface area contributed by atoms with E-state index in [1.54, 1.807) is 0 Å². The monoisotopic (exact) mass is 591 g/mol. The minimum Gasteiger partial charge on any atom is -0.382 e. The highest BCUT2D eigenvalue weighted by atomic mass is 32.1. The average molecular weight is 592 g/mol. The van der Waals surface area contributed by atoms with Crippen molar-refractivity contribution in [3.8, 4) is 0 Å². The first-order valence-corrected chi connectivity index (χ1v) is 14.5. The number of benzene rings is 2. The molecule has 0 saturated carbocycles. The number of nitrogens with zero attached hydrogens (tertiary/aromatic N) is 1. The van der Waals surface area contributed by atoms with Gasteiger partial charge in [-0.2, -0.15) is 13.2 Å². The third kappa shape index (κ3) is 9.43. The lowest BCUT2D eigenvalue weighted by atomic mass is 9.98. The third-order valence-electron chi connectivity index (χ3n) is 6.97. The highest BCUT2D eigenvalue weighted by Crippen LogP contribution is 2.32. The fourth-order valence-corrected chi connectivity index (χ4v) is 5.15. The second-order valence-corrected chi connectivity index (χ2v) is 11.0. The molecule has 0 unspecified atom stereocenters. The Kier molecular flexibility index (Phi) is 11.5. The molecule has 4 N–H and O–H groups in total. The molecule has 224 valence electrons. The van der Waals surface area contributed by atoms with Gasteiger partial charge in [-0.25, -0.2) is 0 Å². The Morgan fingerprint density at radius 3 is 2.37 bits per heavy atom. The maximum Gasteiger partial charge on any atom is 0.416 e. The summed E-state index contributed by atoms with van der Waals surface area (Å²) in [4.78, 5) is 28.8. The van der Waals surface area contributed by atoms with Gasteiger partial charge < -0.3 is 26.2 Å². The molecule has 1 aliphatic rings. The van der Waals surface area contributed by atoms with E-state index in [1.807, 2.05) is 38.1 Å². The number of likely N-dealkylation sites (tertiary alicyclic amines) is 1. The normalized spacial score (nSPS) is 17.7. The lowest BCUT2D eigenvalue weighted by Crippen LogP contribution is -2.61. The molecule has 1 fully saturated rings. The Hall–Kier alpha value is -3.18. The summed E-state index contributed by atoms with van der Waals surface area (Å²) in [5.41, 5.74) is 1.27. The van der Waals surface area contributed by atoms with Crippen LogP contribution < -0.4 is 21.3 Å². The fourth-order valence-electron chi connectivity index (χ4n) is 4.86. The zero-order chi connectivity index (χ0) is 30.2. The molecule has 0 aromatic heterocycles. The van der Waals surface area contributed by atoms with E-state index in [9.17, 15) is 22.8 Å². The topological polar surface area (TPSA) is 85.5 Å². The number of alkyl halides is 3. The average Bonchev–Trinajstić information content (AvgIpc) is 2.92. The van der Waals surface area contributed by atoms with Crippen molar-refractivity contribution in [2.45, 2.75) is 71.3 Å². The lowest BCUT2D eigenvalue weighted by molar-refractivity contribution is -0.137. The summed E-state index contributed by atoms with van der Waals surface area (Å²) in [6, 6.07) is 10.5. The van der Waals surface area contributed by atoms with Gasteiger partial charge in [0.15, 0.2) is 0 Å². The van der Waals surface area contributed by atoms with Crippen molar-refractivity contribution in [3.63, 3.8) is 0 Å². The van der Waals surface area contributed by atoms with E-state index < -0.39 is 23.6 Å². The maximum atomic E-state index is 13.3. The molecule has 2 amide bonds. The van der Waals surface area contributed by atoms with Gasteiger partial charge in [0.1, 0.15) is 4.99 Å². The minimum absolute atomic E-state index is 0.112. The number of halogens is 3. The van der Waals surface area contributed by atoms with Crippen LogP contribution >= 0.6 is 12.2 Å². The lowest BCUT2D eigenvalue weighted by Gasteiger charge is -2.39. The number of thiocarbonyl (C=S) groups is 1. The molecule has 0 spiro atoms. The number of hydrogen-bond donors (Lipinski definition) is 4. The molecule has 1 heterocycles. The van der Waals surface area contributed by atoms with Gasteiger partial charge in [0.25, 0.3) is 5.91 Å². The molecule has 2 aromatic carbocycles. The number of rotatable bonds is 11. The van der Waals surface area contributed by atoms with Crippen LogP contribution in [0.4, 0.5) is 18.9 Å². The van der Waals surface area contributed by atoms with E-state index in [-0.39, 0.29) is 35.9 Å². The zero-order valence-electron chi connectivity index (χ0n) is 24.0. The van der Waals surface area contributed by atoms with Crippen LogP contribution in [-0.2, 0) is 17.4 Å². The van der Waals surface area contributed by atoms with E-state index in [4.69, 9.17) is 12.2 Å². The second kappa shape index (κ2) is 14.6. The predicted molar refractivity (Wildman–Crippen MR) is 160 cm³/mol. The molecule has 7 nitrogen and oxygen atoms in total. The van der Waals surface area contributed by atoms with Crippen molar-refractivity contribution in [3.05, 3.63) is 64.7 Å². The zero-order valence-corrected chi connectivity index (χ0v) is 24.8. The van der Waals surface area contributed by atoms with Crippen molar-refractivity contribution < 1.29 is 22.8 Å². The Labute approximate surface area is 245 Å². The predicted octanol–water partition coefficient (Wildman–Crippen LogP) is 4.75. The largest absolute Gasteiger partial charge is 0.416 e. The van der Waals surface area contributed by atoms with Crippen LogP contribution in [0, 0.1) is 0 Å². The van der Waals surface area contributed by atoms with Gasteiger partial charge in [0.2, 0.25) is 5.91 Å². The summed E-state index contributed by atoms with van der Waals surface area (Å²) >= 11 is 5.67. The second-order valence-electron chi connectivity index (χ2n) is 10.6. The molecule has 2 aromatic rings. The summed E-state index contributed by atoms with van der Waals surface area (Å²) in [7, 11) is 0. The van der Waals surface area contributed by atoms with Gasteiger partial charge in [-0.15, -0.1) is 0 Å². The van der Waals surface area contributed by atoms with Gasteiger partial charge in [-0.05, 0) is 63.4 Å². The van der Waals surface area contributed by atoms with Crippen LogP contribution in [0.2, 0.25) is 0 Å². The molecule has 11 heteroatoms. The van der Waals surface area contributed by atoms with Crippen LogP contribution in [-0.4, -0.2) is 66.0 Å². The quantitative estimate of drug-likeness (QED) is 0.282. The van der Waals surface area contributed by atoms with E-state index in [0.29, 0.717) is 11.5 Å². The number of piperidine rings is 1. The highest BCUT2D eigenvalue weighted by Gasteiger charge is 2.33. The molecule has 1 aliphatic heterocycles. The summed E-state index contributed by atoms with van der Waals surface area (Å²) in [5.74, 6) is -1.20.